The van der Waals surface area contributed by atoms with Crippen molar-refractivity contribution in [3.63, 3.8) is 0 Å². The monoisotopic (exact) mass is 352 g/mol. The van der Waals surface area contributed by atoms with Gasteiger partial charge in [-0.05, 0) is 43.3 Å². The Bertz CT molecular complexity index is 1030. The molecular weight excluding hydrogens is 336 g/mol. The smallest absolute Gasteiger partial charge is 0.337 e. The number of benzene rings is 2. The van der Waals surface area contributed by atoms with Crippen LogP contribution in [-0.2, 0) is 4.74 Å². The Labute approximate surface area is 149 Å². The summed E-state index contributed by atoms with van der Waals surface area (Å²) < 4.78 is 21.1. The third-order valence-electron chi connectivity index (χ3n) is 3.51. The maximum atomic E-state index is 12.6. The van der Waals surface area contributed by atoms with E-state index < -0.39 is 5.97 Å². The Kier molecular flexibility index (Phi) is 4.75. The third kappa shape index (κ3) is 3.59. The summed E-state index contributed by atoms with van der Waals surface area (Å²) in [6.45, 7) is 5.39. The number of carbonyl (C=O) groups excluding carboxylic acids is 1. The lowest BCUT2D eigenvalue weighted by Crippen LogP contribution is -2.05. The van der Waals surface area contributed by atoms with E-state index in [0.29, 0.717) is 33.8 Å². The van der Waals surface area contributed by atoms with Crippen LogP contribution >= 0.6 is 0 Å². The first kappa shape index (κ1) is 17.3. The predicted molar refractivity (Wildman–Crippen MR) is 95.8 cm³/mol. The molecule has 0 N–H and O–H groups in total. The maximum absolute atomic E-state index is 12.6. The van der Waals surface area contributed by atoms with Crippen LogP contribution in [0.3, 0.4) is 0 Å². The first-order valence-electron chi connectivity index (χ1n) is 7.73. The molecule has 0 atom stereocenters. The standard InChI is InChI=1S/C20H16O6/c1-12(2)25-15-8-9-16-17(10-15)24-11-18(19(16)21)26-14-6-4-13(5-7-14)20(22)23-3/h4-11H,1H2,2-3H3. The second-order valence-corrected chi connectivity index (χ2v) is 5.51. The van der Waals surface area contributed by atoms with Crippen molar-refractivity contribution < 1.29 is 23.4 Å². The van der Waals surface area contributed by atoms with Gasteiger partial charge in [-0.2, -0.15) is 0 Å². The van der Waals surface area contributed by atoms with Crippen LogP contribution in [-0.4, -0.2) is 13.1 Å². The second kappa shape index (κ2) is 7.14. The minimum Gasteiger partial charge on any atom is -0.465 e. The highest BCUT2D eigenvalue weighted by molar-refractivity contribution is 5.89. The molecule has 1 aromatic heterocycles. The van der Waals surface area contributed by atoms with Crippen molar-refractivity contribution in [2.24, 2.45) is 0 Å². The van der Waals surface area contributed by atoms with Crippen molar-refractivity contribution in [3.8, 4) is 17.2 Å². The van der Waals surface area contributed by atoms with E-state index in [0.717, 1.165) is 0 Å². The highest BCUT2D eigenvalue weighted by atomic mass is 16.5. The quantitative estimate of drug-likeness (QED) is 0.504. The topological polar surface area (TPSA) is 75.0 Å². The molecule has 0 fully saturated rings. The summed E-state index contributed by atoms with van der Waals surface area (Å²) in [6, 6.07) is 11.1. The average Bonchev–Trinajstić information content (AvgIpc) is 2.63. The Balaban J connectivity index is 1.89. The Morgan fingerprint density at radius 2 is 1.77 bits per heavy atom. The van der Waals surface area contributed by atoms with Crippen molar-refractivity contribution in [2.75, 3.05) is 7.11 Å². The number of hydrogen-bond donors (Lipinski definition) is 0. The summed E-state index contributed by atoms with van der Waals surface area (Å²) in [5, 5.41) is 0.364. The summed E-state index contributed by atoms with van der Waals surface area (Å²) in [5.74, 6) is 1.04. The van der Waals surface area contributed by atoms with Gasteiger partial charge in [-0.25, -0.2) is 4.79 Å². The van der Waals surface area contributed by atoms with Gasteiger partial charge in [-0.3, -0.25) is 4.79 Å². The fraction of sp³-hybridized carbons (Fsp3) is 0.100. The molecule has 6 heteroatoms. The minimum absolute atomic E-state index is 0.0388. The number of methoxy groups -OCH3 is 1. The molecule has 0 unspecified atom stereocenters. The first-order chi connectivity index (χ1) is 12.5. The summed E-state index contributed by atoms with van der Waals surface area (Å²) in [6.07, 6.45) is 1.24. The zero-order chi connectivity index (χ0) is 18.7. The highest BCUT2D eigenvalue weighted by Gasteiger charge is 2.11. The van der Waals surface area contributed by atoms with Gasteiger partial charge in [0.25, 0.3) is 0 Å². The van der Waals surface area contributed by atoms with E-state index in [1.165, 1.54) is 13.4 Å². The first-order valence-corrected chi connectivity index (χ1v) is 7.73. The molecule has 0 aliphatic heterocycles. The van der Waals surface area contributed by atoms with E-state index in [4.69, 9.17) is 13.9 Å². The van der Waals surface area contributed by atoms with Crippen LogP contribution < -0.4 is 14.9 Å². The van der Waals surface area contributed by atoms with E-state index in [9.17, 15) is 9.59 Å². The van der Waals surface area contributed by atoms with Crippen LogP contribution in [0.5, 0.6) is 17.2 Å². The normalized spacial score (nSPS) is 10.4. The van der Waals surface area contributed by atoms with E-state index >= 15 is 0 Å². The highest BCUT2D eigenvalue weighted by Crippen LogP contribution is 2.25. The number of ether oxygens (including phenoxy) is 3. The van der Waals surface area contributed by atoms with Gasteiger partial charge < -0.3 is 18.6 Å². The van der Waals surface area contributed by atoms with Gasteiger partial charge in [-0.1, -0.05) is 6.58 Å². The fourth-order valence-corrected chi connectivity index (χ4v) is 2.33. The molecule has 132 valence electrons. The number of fused-ring (bicyclic) bond motifs is 1. The van der Waals surface area contributed by atoms with Crippen molar-refractivity contribution in [1.82, 2.24) is 0 Å². The van der Waals surface area contributed by atoms with E-state index in [1.54, 1.807) is 49.4 Å². The van der Waals surface area contributed by atoms with Gasteiger partial charge in [0.15, 0.2) is 0 Å². The molecule has 1 heterocycles. The summed E-state index contributed by atoms with van der Waals surface area (Å²) >= 11 is 0. The summed E-state index contributed by atoms with van der Waals surface area (Å²) in [5.41, 5.74) is 0.447. The van der Waals surface area contributed by atoms with E-state index in [-0.39, 0.29) is 11.2 Å². The van der Waals surface area contributed by atoms with Crippen LogP contribution in [0.15, 0.2) is 70.3 Å². The third-order valence-corrected chi connectivity index (χ3v) is 3.51. The van der Waals surface area contributed by atoms with E-state index in [1.807, 2.05) is 0 Å². The molecule has 0 radical (unpaired) electrons. The molecule has 3 rings (SSSR count). The number of allylic oxidation sites excluding steroid dienone is 1. The number of rotatable bonds is 5. The lowest BCUT2D eigenvalue weighted by Gasteiger charge is -2.08. The lowest BCUT2D eigenvalue weighted by atomic mass is 10.2. The number of hydrogen-bond acceptors (Lipinski definition) is 6. The van der Waals surface area contributed by atoms with Gasteiger partial charge in [0.05, 0.1) is 23.8 Å². The van der Waals surface area contributed by atoms with Crippen LogP contribution in [0.1, 0.15) is 17.3 Å². The van der Waals surface area contributed by atoms with Gasteiger partial charge in [0, 0.05) is 6.07 Å². The lowest BCUT2D eigenvalue weighted by molar-refractivity contribution is 0.0600. The molecule has 0 spiro atoms. The van der Waals surface area contributed by atoms with Crippen molar-refractivity contribution in [3.05, 3.63) is 76.9 Å². The van der Waals surface area contributed by atoms with Crippen LogP contribution in [0.2, 0.25) is 0 Å². The van der Waals surface area contributed by atoms with Crippen LogP contribution in [0, 0.1) is 0 Å². The molecular formula is C20H16O6. The Hall–Kier alpha value is -3.54. The largest absolute Gasteiger partial charge is 0.465 e. The molecule has 0 saturated heterocycles. The van der Waals surface area contributed by atoms with E-state index in [2.05, 4.69) is 11.3 Å². The molecule has 0 saturated carbocycles. The van der Waals surface area contributed by atoms with Crippen LogP contribution in [0.25, 0.3) is 11.0 Å². The molecule has 0 bridgehead atoms. The fourth-order valence-electron chi connectivity index (χ4n) is 2.33. The summed E-state index contributed by atoms with van der Waals surface area (Å²) in [7, 11) is 1.31. The van der Waals surface area contributed by atoms with Gasteiger partial charge in [-0.15, -0.1) is 0 Å². The predicted octanol–water partition coefficient (Wildman–Crippen LogP) is 4.28. The molecule has 6 nitrogen and oxygen atoms in total. The second-order valence-electron chi connectivity index (χ2n) is 5.51. The molecule has 0 amide bonds. The number of carbonyl (C=O) groups is 1. The average molecular weight is 352 g/mol. The van der Waals surface area contributed by atoms with Gasteiger partial charge in [0.2, 0.25) is 11.2 Å². The molecule has 3 aromatic rings. The SMILES string of the molecule is C=C(C)Oc1ccc2c(=O)c(Oc3ccc(C(=O)OC)cc3)coc2c1. The molecule has 0 aliphatic rings. The Morgan fingerprint density at radius 3 is 2.42 bits per heavy atom. The minimum atomic E-state index is -0.449. The zero-order valence-corrected chi connectivity index (χ0v) is 14.3. The maximum Gasteiger partial charge on any atom is 0.337 e. The molecule has 26 heavy (non-hydrogen) atoms. The Morgan fingerprint density at radius 1 is 1.08 bits per heavy atom. The number of esters is 1. The molecule has 2 aromatic carbocycles. The van der Waals surface area contributed by atoms with Crippen molar-refractivity contribution in [1.29, 1.82) is 0 Å². The summed E-state index contributed by atoms with van der Waals surface area (Å²) in [4.78, 5) is 24.0. The van der Waals surface area contributed by atoms with Gasteiger partial charge >= 0.3 is 5.97 Å². The van der Waals surface area contributed by atoms with Crippen LogP contribution in [0.4, 0.5) is 0 Å². The van der Waals surface area contributed by atoms with Crippen molar-refractivity contribution >= 4 is 16.9 Å². The van der Waals surface area contributed by atoms with Crippen molar-refractivity contribution in [2.45, 2.75) is 6.92 Å². The van der Waals surface area contributed by atoms with Gasteiger partial charge in [0.1, 0.15) is 23.3 Å². The molecule has 0 aliphatic carbocycles. The zero-order valence-electron chi connectivity index (χ0n) is 14.3.